The number of carbonyl (C=O) groups excluding carboxylic acids is 1. The maximum Gasteiger partial charge on any atom is 0.254 e. The smallest absolute Gasteiger partial charge is 0.254 e. The highest BCUT2D eigenvalue weighted by molar-refractivity contribution is 7.91. The number of rotatable bonds is 7. The van der Waals surface area contributed by atoms with Crippen molar-refractivity contribution in [3.63, 3.8) is 0 Å². The van der Waals surface area contributed by atoms with Gasteiger partial charge in [0.2, 0.25) is 5.91 Å². The molecule has 3 fully saturated rings. The molecular formula is C22H32N8O4S2. The summed E-state index contributed by atoms with van der Waals surface area (Å²) in [5, 5.41) is 11.7. The molecule has 0 saturated carbocycles. The van der Waals surface area contributed by atoms with E-state index in [1.54, 1.807) is 0 Å². The summed E-state index contributed by atoms with van der Waals surface area (Å²) < 4.78 is 33.3. The zero-order valence-electron chi connectivity index (χ0n) is 20.4. The van der Waals surface area contributed by atoms with Gasteiger partial charge >= 0.3 is 0 Å². The third-order valence-corrected chi connectivity index (χ3v) is 9.99. The summed E-state index contributed by atoms with van der Waals surface area (Å²) in [4.78, 5) is 22.0. The number of sulfonamides is 1. The number of hydrogen-bond acceptors (Lipinski definition) is 11. The van der Waals surface area contributed by atoms with E-state index in [0.717, 1.165) is 68.7 Å². The number of aromatic nitrogens is 3. The standard InChI is InChI=1S/C22H32N8O4S2/c1-17(31)24-22-23-15-21(35-22)36(32,33)30-12-10-29(11-13-30)20-5-4-19(25-26-20)28-8-6-27(7-9-28)16-18-3-2-14-34-18/h4-5,15,18H,2-3,6-14,16H2,1H3,(H,23,24,31). The molecule has 36 heavy (non-hydrogen) atoms. The molecule has 12 nitrogen and oxygen atoms in total. The molecule has 196 valence electrons. The summed E-state index contributed by atoms with van der Waals surface area (Å²) in [6.07, 6.45) is 4.02. The van der Waals surface area contributed by atoms with Gasteiger partial charge in [-0.25, -0.2) is 13.4 Å². The molecule has 0 aromatic carbocycles. The van der Waals surface area contributed by atoms with Crippen molar-refractivity contribution in [1.82, 2.24) is 24.4 Å². The normalized spacial score (nSPS) is 22.2. The number of carbonyl (C=O) groups is 1. The number of ether oxygens (including phenoxy) is 1. The van der Waals surface area contributed by atoms with Crippen LogP contribution in [0.25, 0.3) is 0 Å². The molecule has 0 aliphatic carbocycles. The van der Waals surface area contributed by atoms with E-state index in [-0.39, 0.29) is 15.2 Å². The topological polar surface area (TPSA) is 124 Å². The van der Waals surface area contributed by atoms with Crippen LogP contribution in [0.2, 0.25) is 0 Å². The van der Waals surface area contributed by atoms with E-state index in [1.807, 2.05) is 12.1 Å². The van der Waals surface area contributed by atoms with Gasteiger partial charge in [0.1, 0.15) is 0 Å². The molecule has 3 aliphatic heterocycles. The van der Waals surface area contributed by atoms with Crippen LogP contribution < -0.4 is 15.1 Å². The van der Waals surface area contributed by atoms with Crippen LogP contribution in [0, 0.1) is 0 Å². The van der Waals surface area contributed by atoms with E-state index in [1.165, 1.54) is 23.8 Å². The van der Waals surface area contributed by atoms with Gasteiger partial charge in [0.15, 0.2) is 21.0 Å². The van der Waals surface area contributed by atoms with E-state index in [0.29, 0.717) is 32.3 Å². The molecule has 0 spiro atoms. The first-order valence-electron chi connectivity index (χ1n) is 12.3. The third-order valence-electron chi connectivity index (χ3n) is 6.74. The monoisotopic (exact) mass is 536 g/mol. The predicted molar refractivity (Wildman–Crippen MR) is 137 cm³/mol. The molecule has 5 heterocycles. The first kappa shape index (κ1) is 25.3. The molecule has 1 N–H and O–H groups in total. The largest absolute Gasteiger partial charge is 0.377 e. The Kier molecular flexibility index (Phi) is 7.67. The van der Waals surface area contributed by atoms with Crippen LogP contribution in [0.5, 0.6) is 0 Å². The highest BCUT2D eigenvalue weighted by Crippen LogP contribution is 2.27. The van der Waals surface area contributed by atoms with E-state index in [9.17, 15) is 13.2 Å². The van der Waals surface area contributed by atoms with E-state index >= 15 is 0 Å². The summed E-state index contributed by atoms with van der Waals surface area (Å²) in [6, 6.07) is 3.97. The zero-order chi connectivity index (χ0) is 25.1. The molecule has 2 aromatic rings. The second kappa shape index (κ2) is 10.9. The van der Waals surface area contributed by atoms with E-state index < -0.39 is 10.0 Å². The van der Waals surface area contributed by atoms with Gasteiger partial charge in [-0.05, 0) is 25.0 Å². The molecule has 14 heteroatoms. The van der Waals surface area contributed by atoms with Gasteiger partial charge in [-0.2, -0.15) is 4.31 Å². The summed E-state index contributed by atoms with van der Waals surface area (Å²) in [5.74, 6) is 1.33. The van der Waals surface area contributed by atoms with Crippen molar-refractivity contribution in [2.75, 3.05) is 80.6 Å². The molecule has 1 atom stereocenters. The second-order valence-electron chi connectivity index (χ2n) is 9.23. The van der Waals surface area contributed by atoms with Crippen molar-refractivity contribution in [3.8, 4) is 0 Å². The lowest BCUT2D eigenvalue weighted by molar-refractivity contribution is -0.114. The van der Waals surface area contributed by atoms with Crippen LogP contribution >= 0.6 is 11.3 Å². The first-order chi connectivity index (χ1) is 17.4. The summed E-state index contributed by atoms with van der Waals surface area (Å²) in [6.45, 7) is 8.80. The Morgan fingerprint density at radius 3 is 2.25 bits per heavy atom. The predicted octanol–water partition coefficient (Wildman–Crippen LogP) is 0.703. The minimum atomic E-state index is -3.66. The third kappa shape index (κ3) is 5.78. The molecule has 0 bridgehead atoms. The second-order valence-corrected chi connectivity index (χ2v) is 12.4. The summed E-state index contributed by atoms with van der Waals surface area (Å²) in [7, 11) is -3.66. The van der Waals surface area contributed by atoms with Gasteiger partial charge in [-0.3, -0.25) is 9.69 Å². The lowest BCUT2D eigenvalue weighted by atomic mass is 10.2. The van der Waals surface area contributed by atoms with Gasteiger partial charge in [0.25, 0.3) is 10.0 Å². The maximum atomic E-state index is 13.0. The number of nitrogens with zero attached hydrogens (tertiary/aromatic N) is 7. The number of amides is 1. The average Bonchev–Trinajstić information content (AvgIpc) is 3.57. The fourth-order valence-electron chi connectivity index (χ4n) is 4.76. The Balaban J connectivity index is 1.12. The Bertz CT molecular complexity index is 1140. The fraction of sp³-hybridized carbons (Fsp3) is 0.636. The van der Waals surface area contributed by atoms with Gasteiger partial charge in [0, 0.05) is 72.4 Å². The van der Waals surface area contributed by atoms with Crippen molar-refractivity contribution in [1.29, 1.82) is 0 Å². The minimum absolute atomic E-state index is 0.125. The average molecular weight is 537 g/mol. The van der Waals surface area contributed by atoms with Crippen molar-refractivity contribution in [3.05, 3.63) is 18.3 Å². The van der Waals surface area contributed by atoms with Gasteiger partial charge in [0.05, 0.1) is 12.3 Å². The number of thiazole rings is 1. The van der Waals surface area contributed by atoms with Crippen LogP contribution in [0.4, 0.5) is 16.8 Å². The summed E-state index contributed by atoms with van der Waals surface area (Å²) in [5.41, 5.74) is 0. The van der Waals surface area contributed by atoms with Crippen LogP contribution in [0.15, 0.2) is 22.5 Å². The first-order valence-corrected chi connectivity index (χ1v) is 14.6. The van der Waals surface area contributed by atoms with Crippen molar-refractivity contribution >= 4 is 44.0 Å². The van der Waals surface area contributed by atoms with Gasteiger partial charge < -0.3 is 19.9 Å². The van der Waals surface area contributed by atoms with Crippen LogP contribution in [-0.2, 0) is 19.6 Å². The molecule has 5 rings (SSSR count). The Morgan fingerprint density at radius 1 is 1.06 bits per heavy atom. The van der Waals surface area contributed by atoms with Crippen molar-refractivity contribution in [2.45, 2.75) is 30.1 Å². The Labute approximate surface area is 215 Å². The maximum absolute atomic E-state index is 13.0. The van der Waals surface area contributed by atoms with E-state index in [2.05, 4.69) is 35.2 Å². The fourth-order valence-corrected chi connectivity index (χ4v) is 7.42. The zero-order valence-corrected chi connectivity index (χ0v) is 22.0. The van der Waals surface area contributed by atoms with Crippen LogP contribution in [-0.4, -0.2) is 110 Å². The number of nitrogens with one attached hydrogen (secondary N) is 1. The lowest BCUT2D eigenvalue weighted by Crippen LogP contribution is -2.49. The lowest BCUT2D eigenvalue weighted by Gasteiger charge is -2.36. The van der Waals surface area contributed by atoms with Crippen LogP contribution in [0.3, 0.4) is 0 Å². The minimum Gasteiger partial charge on any atom is -0.377 e. The number of anilines is 3. The van der Waals surface area contributed by atoms with Crippen LogP contribution in [0.1, 0.15) is 19.8 Å². The molecule has 0 radical (unpaired) electrons. The highest BCUT2D eigenvalue weighted by Gasteiger charge is 2.31. The molecule has 2 aromatic heterocycles. The molecule has 1 amide bonds. The van der Waals surface area contributed by atoms with Gasteiger partial charge in [-0.15, -0.1) is 10.2 Å². The number of hydrogen-bond donors (Lipinski definition) is 1. The number of piperazine rings is 2. The quantitative estimate of drug-likeness (QED) is 0.541. The molecule has 3 saturated heterocycles. The molecular weight excluding hydrogens is 504 g/mol. The van der Waals surface area contributed by atoms with Gasteiger partial charge in [-0.1, -0.05) is 11.3 Å². The van der Waals surface area contributed by atoms with E-state index in [4.69, 9.17) is 4.74 Å². The SMILES string of the molecule is CC(=O)Nc1ncc(S(=O)(=O)N2CCN(c3ccc(N4CCN(CC5CCCO5)CC4)nn3)CC2)s1. The highest BCUT2D eigenvalue weighted by atomic mass is 32.2. The summed E-state index contributed by atoms with van der Waals surface area (Å²) >= 11 is 0.959. The van der Waals surface area contributed by atoms with Crippen molar-refractivity contribution in [2.24, 2.45) is 0 Å². The van der Waals surface area contributed by atoms with Crippen molar-refractivity contribution < 1.29 is 17.9 Å². The Hall–Kier alpha value is -2.39. The Morgan fingerprint density at radius 2 is 1.69 bits per heavy atom. The molecule has 1 unspecified atom stereocenters. The molecule has 3 aliphatic rings.